The van der Waals surface area contributed by atoms with Crippen molar-refractivity contribution in [3.63, 3.8) is 0 Å². The number of carbonyl (C=O) groups excluding carboxylic acids is 1. The fourth-order valence-corrected chi connectivity index (χ4v) is 1.42. The average molecular weight is 222 g/mol. The second-order valence-electron chi connectivity index (χ2n) is 3.49. The van der Waals surface area contributed by atoms with Gasteiger partial charge in [0.05, 0.1) is 6.61 Å². The standard InChI is InChI=1S/C12H18N2O2/c1-16-9-7-10-4-2-3-5-11(10)14-12(15)6-8-13/h2-5H,6-9,13H2,1H3,(H,14,15). The fourth-order valence-electron chi connectivity index (χ4n) is 1.42. The molecule has 1 rings (SSSR count). The zero-order valence-electron chi connectivity index (χ0n) is 9.53. The first-order valence-corrected chi connectivity index (χ1v) is 5.34. The third-order valence-corrected chi connectivity index (χ3v) is 2.24. The molecular weight excluding hydrogens is 204 g/mol. The number of nitrogens with one attached hydrogen (secondary N) is 1. The van der Waals surface area contributed by atoms with Crippen LogP contribution in [0.15, 0.2) is 24.3 Å². The van der Waals surface area contributed by atoms with Crippen LogP contribution in [0.25, 0.3) is 0 Å². The minimum absolute atomic E-state index is 0.0487. The molecule has 0 fully saturated rings. The van der Waals surface area contributed by atoms with E-state index in [1.54, 1.807) is 7.11 Å². The van der Waals surface area contributed by atoms with E-state index in [1.165, 1.54) is 0 Å². The van der Waals surface area contributed by atoms with Crippen molar-refractivity contribution in [2.45, 2.75) is 12.8 Å². The number of benzene rings is 1. The fraction of sp³-hybridized carbons (Fsp3) is 0.417. The third kappa shape index (κ3) is 4.00. The van der Waals surface area contributed by atoms with Crippen LogP contribution in [-0.2, 0) is 16.0 Å². The highest BCUT2D eigenvalue weighted by atomic mass is 16.5. The quantitative estimate of drug-likeness (QED) is 0.759. The van der Waals surface area contributed by atoms with Gasteiger partial charge in [-0.3, -0.25) is 4.79 Å². The first-order valence-electron chi connectivity index (χ1n) is 5.34. The number of carbonyl (C=O) groups is 1. The molecule has 1 amide bonds. The molecule has 4 nitrogen and oxygen atoms in total. The van der Waals surface area contributed by atoms with E-state index in [4.69, 9.17) is 10.5 Å². The van der Waals surface area contributed by atoms with E-state index >= 15 is 0 Å². The van der Waals surface area contributed by atoms with Crippen LogP contribution in [0.2, 0.25) is 0 Å². The van der Waals surface area contributed by atoms with Crippen molar-refractivity contribution in [1.82, 2.24) is 0 Å². The van der Waals surface area contributed by atoms with Gasteiger partial charge in [0.2, 0.25) is 5.91 Å². The lowest BCUT2D eigenvalue weighted by Gasteiger charge is -2.10. The maximum absolute atomic E-state index is 11.4. The van der Waals surface area contributed by atoms with E-state index in [9.17, 15) is 4.79 Å². The van der Waals surface area contributed by atoms with Crippen LogP contribution in [0.5, 0.6) is 0 Å². The van der Waals surface area contributed by atoms with E-state index < -0.39 is 0 Å². The number of methoxy groups -OCH3 is 1. The SMILES string of the molecule is COCCc1ccccc1NC(=O)CCN. The smallest absolute Gasteiger partial charge is 0.225 e. The van der Waals surface area contributed by atoms with Crippen molar-refractivity contribution < 1.29 is 9.53 Å². The lowest BCUT2D eigenvalue weighted by Crippen LogP contribution is -2.17. The minimum atomic E-state index is -0.0487. The van der Waals surface area contributed by atoms with Crippen LogP contribution in [0.4, 0.5) is 5.69 Å². The third-order valence-electron chi connectivity index (χ3n) is 2.24. The molecule has 88 valence electrons. The van der Waals surface area contributed by atoms with E-state index in [0.717, 1.165) is 17.7 Å². The molecular formula is C12H18N2O2. The van der Waals surface area contributed by atoms with Gasteiger partial charge in [-0.2, -0.15) is 0 Å². The molecule has 3 N–H and O–H groups in total. The number of amides is 1. The number of para-hydroxylation sites is 1. The summed E-state index contributed by atoms with van der Waals surface area (Å²) in [7, 11) is 1.66. The molecule has 0 bridgehead atoms. The maximum Gasteiger partial charge on any atom is 0.225 e. The summed E-state index contributed by atoms with van der Waals surface area (Å²) in [6, 6.07) is 7.72. The first kappa shape index (κ1) is 12.7. The molecule has 4 heteroatoms. The van der Waals surface area contributed by atoms with Crippen LogP contribution < -0.4 is 11.1 Å². The van der Waals surface area contributed by atoms with Crippen molar-refractivity contribution in [3.8, 4) is 0 Å². The summed E-state index contributed by atoms with van der Waals surface area (Å²) in [6.07, 6.45) is 1.13. The Bertz CT molecular complexity index is 340. The molecule has 0 atom stereocenters. The van der Waals surface area contributed by atoms with E-state index in [0.29, 0.717) is 19.6 Å². The second-order valence-corrected chi connectivity index (χ2v) is 3.49. The van der Waals surface area contributed by atoms with Crippen LogP contribution in [-0.4, -0.2) is 26.2 Å². The van der Waals surface area contributed by atoms with Crippen LogP contribution in [0.1, 0.15) is 12.0 Å². The Kier molecular flexibility index (Phi) is 5.53. The number of anilines is 1. The molecule has 0 saturated carbocycles. The predicted molar refractivity (Wildman–Crippen MR) is 64.3 cm³/mol. The van der Waals surface area contributed by atoms with Gasteiger partial charge in [0.25, 0.3) is 0 Å². The van der Waals surface area contributed by atoms with Gasteiger partial charge in [0.1, 0.15) is 0 Å². The number of hydrogen-bond donors (Lipinski definition) is 2. The van der Waals surface area contributed by atoms with Gasteiger partial charge in [-0.15, -0.1) is 0 Å². The second kappa shape index (κ2) is 6.98. The Labute approximate surface area is 95.8 Å². The summed E-state index contributed by atoms with van der Waals surface area (Å²) >= 11 is 0. The predicted octanol–water partition coefficient (Wildman–Crippen LogP) is 1.16. The Morgan fingerprint density at radius 1 is 1.44 bits per heavy atom. The molecule has 1 aromatic carbocycles. The van der Waals surface area contributed by atoms with Gasteiger partial charge in [0, 0.05) is 25.8 Å². The topological polar surface area (TPSA) is 64.3 Å². The molecule has 0 aromatic heterocycles. The Morgan fingerprint density at radius 3 is 2.88 bits per heavy atom. The average Bonchev–Trinajstić information content (AvgIpc) is 2.28. The lowest BCUT2D eigenvalue weighted by atomic mass is 10.1. The molecule has 0 unspecified atom stereocenters. The van der Waals surface area contributed by atoms with Crippen molar-refractivity contribution in [1.29, 1.82) is 0 Å². The van der Waals surface area contributed by atoms with Gasteiger partial charge < -0.3 is 15.8 Å². The molecule has 0 aliphatic heterocycles. The monoisotopic (exact) mass is 222 g/mol. The molecule has 16 heavy (non-hydrogen) atoms. The molecule has 0 aliphatic rings. The van der Waals surface area contributed by atoms with Crippen molar-refractivity contribution in [2.75, 3.05) is 25.6 Å². The highest BCUT2D eigenvalue weighted by Gasteiger charge is 2.05. The number of nitrogens with two attached hydrogens (primary N) is 1. The maximum atomic E-state index is 11.4. The van der Waals surface area contributed by atoms with E-state index in [2.05, 4.69) is 5.32 Å². The summed E-state index contributed by atoms with van der Waals surface area (Å²) in [5, 5.41) is 2.85. The Morgan fingerprint density at radius 2 is 2.19 bits per heavy atom. The highest BCUT2D eigenvalue weighted by Crippen LogP contribution is 2.15. The normalized spacial score (nSPS) is 10.1. The summed E-state index contributed by atoms with van der Waals surface area (Å²) < 4.78 is 5.02. The van der Waals surface area contributed by atoms with Crippen molar-refractivity contribution >= 4 is 11.6 Å². The highest BCUT2D eigenvalue weighted by molar-refractivity contribution is 5.91. The summed E-state index contributed by atoms with van der Waals surface area (Å²) in [5.41, 5.74) is 7.24. The summed E-state index contributed by atoms with van der Waals surface area (Å²) in [4.78, 5) is 11.4. The van der Waals surface area contributed by atoms with E-state index in [1.807, 2.05) is 24.3 Å². The van der Waals surface area contributed by atoms with Crippen LogP contribution in [0.3, 0.4) is 0 Å². The number of ether oxygens (including phenoxy) is 1. The number of rotatable bonds is 6. The van der Waals surface area contributed by atoms with Crippen LogP contribution >= 0.6 is 0 Å². The molecule has 0 radical (unpaired) electrons. The Balaban J connectivity index is 2.66. The first-order chi connectivity index (χ1) is 7.77. The van der Waals surface area contributed by atoms with Gasteiger partial charge in [-0.25, -0.2) is 0 Å². The van der Waals surface area contributed by atoms with Gasteiger partial charge in [0.15, 0.2) is 0 Å². The zero-order valence-corrected chi connectivity index (χ0v) is 9.53. The van der Waals surface area contributed by atoms with Crippen molar-refractivity contribution in [3.05, 3.63) is 29.8 Å². The van der Waals surface area contributed by atoms with Crippen LogP contribution in [0, 0.1) is 0 Å². The molecule has 0 heterocycles. The Hall–Kier alpha value is -1.39. The molecule has 0 spiro atoms. The van der Waals surface area contributed by atoms with Gasteiger partial charge in [-0.1, -0.05) is 18.2 Å². The lowest BCUT2D eigenvalue weighted by molar-refractivity contribution is -0.116. The zero-order chi connectivity index (χ0) is 11.8. The van der Waals surface area contributed by atoms with E-state index in [-0.39, 0.29) is 5.91 Å². The molecule has 1 aromatic rings. The minimum Gasteiger partial charge on any atom is -0.384 e. The van der Waals surface area contributed by atoms with Crippen molar-refractivity contribution in [2.24, 2.45) is 5.73 Å². The summed E-state index contributed by atoms with van der Waals surface area (Å²) in [6.45, 7) is 1.01. The largest absolute Gasteiger partial charge is 0.384 e. The van der Waals surface area contributed by atoms with Gasteiger partial charge >= 0.3 is 0 Å². The molecule has 0 aliphatic carbocycles. The molecule has 0 saturated heterocycles. The number of hydrogen-bond acceptors (Lipinski definition) is 3. The van der Waals surface area contributed by atoms with Gasteiger partial charge in [-0.05, 0) is 18.1 Å². The summed E-state index contributed by atoms with van der Waals surface area (Å²) in [5.74, 6) is -0.0487.